The molecule has 1 aromatic rings. The van der Waals surface area contributed by atoms with Crippen LogP contribution in [0, 0.1) is 18.3 Å². The highest BCUT2D eigenvalue weighted by atomic mass is 32.2. The van der Waals surface area contributed by atoms with E-state index < -0.39 is 27.3 Å². The largest absolute Gasteiger partial charge is 0.300 e. The first-order valence-corrected chi connectivity index (χ1v) is 6.74. The number of hydrogen-bond acceptors (Lipinski definition) is 7. The van der Waals surface area contributed by atoms with Crippen LogP contribution in [0.5, 0.6) is 0 Å². The Morgan fingerprint density at radius 2 is 2.25 bits per heavy atom. The number of nitrogens with one attached hydrogen (secondary N) is 1. The van der Waals surface area contributed by atoms with Crippen LogP contribution in [0.4, 0.5) is 5.13 Å². The predicted octanol–water partition coefficient (Wildman–Crippen LogP) is -0.277. The third-order valence-electron chi connectivity index (χ3n) is 1.41. The molecular weight excluding hydrogens is 252 g/mol. The number of nitrogens with zero attached hydrogens (tertiary/aromatic N) is 3. The monoisotopic (exact) mass is 260 g/mol. The van der Waals surface area contributed by atoms with Gasteiger partial charge in [0, 0.05) is 0 Å². The lowest BCUT2D eigenvalue weighted by molar-refractivity contribution is -0.113. The molecule has 0 fully saturated rings. The van der Waals surface area contributed by atoms with Gasteiger partial charge in [-0.15, -0.1) is 10.2 Å². The van der Waals surface area contributed by atoms with Crippen LogP contribution in [0.2, 0.25) is 0 Å². The van der Waals surface area contributed by atoms with E-state index in [9.17, 15) is 13.2 Å². The standard InChI is InChI=1S/C7H8N4O3S2/c1-5-10-11-7(15-5)9-6(12)4-16(13,14)3-2-8/h3-4H2,1H3,(H,9,11,12). The SMILES string of the molecule is Cc1nnc(NC(=O)CS(=O)(=O)CC#N)s1. The fraction of sp³-hybridized carbons (Fsp3) is 0.429. The molecule has 0 aromatic carbocycles. The van der Waals surface area contributed by atoms with E-state index >= 15 is 0 Å². The summed E-state index contributed by atoms with van der Waals surface area (Å²) < 4.78 is 22.2. The van der Waals surface area contributed by atoms with Gasteiger partial charge in [0.15, 0.2) is 9.84 Å². The van der Waals surface area contributed by atoms with Gasteiger partial charge in [-0.05, 0) is 6.92 Å². The van der Waals surface area contributed by atoms with Gasteiger partial charge in [0.1, 0.15) is 16.5 Å². The van der Waals surface area contributed by atoms with Crippen LogP contribution in [0.1, 0.15) is 5.01 Å². The number of aryl methyl sites for hydroxylation is 1. The molecule has 1 heterocycles. The van der Waals surface area contributed by atoms with Crippen LogP contribution in [0.25, 0.3) is 0 Å². The molecule has 7 nitrogen and oxygen atoms in total. The number of carbonyl (C=O) groups is 1. The summed E-state index contributed by atoms with van der Waals surface area (Å²) in [6.07, 6.45) is 0. The molecule has 0 unspecified atom stereocenters. The van der Waals surface area contributed by atoms with Gasteiger partial charge in [0.25, 0.3) is 0 Å². The van der Waals surface area contributed by atoms with Gasteiger partial charge in [-0.1, -0.05) is 11.3 Å². The van der Waals surface area contributed by atoms with Gasteiger partial charge >= 0.3 is 0 Å². The summed E-state index contributed by atoms with van der Waals surface area (Å²) in [6.45, 7) is 1.71. The lowest BCUT2D eigenvalue weighted by Gasteiger charge is -1.99. The van der Waals surface area contributed by atoms with Gasteiger partial charge in [-0.2, -0.15) is 5.26 Å². The van der Waals surface area contributed by atoms with Gasteiger partial charge in [0.05, 0.1) is 6.07 Å². The highest BCUT2D eigenvalue weighted by Gasteiger charge is 2.17. The Morgan fingerprint density at radius 1 is 1.56 bits per heavy atom. The number of anilines is 1. The Balaban J connectivity index is 2.58. The van der Waals surface area contributed by atoms with Crippen LogP contribution < -0.4 is 5.32 Å². The normalized spacial score (nSPS) is 10.8. The zero-order chi connectivity index (χ0) is 12.2. The van der Waals surface area contributed by atoms with Crippen molar-refractivity contribution in [1.29, 1.82) is 5.26 Å². The van der Waals surface area contributed by atoms with Crippen LogP contribution in [0.3, 0.4) is 0 Å². The van der Waals surface area contributed by atoms with Gasteiger partial charge in [-0.25, -0.2) is 8.42 Å². The molecule has 1 rings (SSSR count). The van der Waals surface area contributed by atoms with E-state index in [4.69, 9.17) is 5.26 Å². The molecule has 1 amide bonds. The van der Waals surface area contributed by atoms with Crippen molar-refractivity contribution in [2.75, 3.05) is 16.8 Å². The minimum Gasteiger partial charge on any atom is -0.300 e. The highest BCUT2D eigenvalue weighted by molar-refractivity contribution is 7.92. The summed E-state index contributed by atoms with van der Waals surface area (Å²) >= 11 is 1.14. The van der Waals surface area contributed by atoms with Crippen molar-refractivity contribution >= 4 is 32.2 Å². The van der Waals surface area contributed by atoms with Gasteiger partial charge in [-0.3, -0.25) is 10.1 Å². The molecular formula is C7H8N4O3S2. The molecule has 0 saturated heterocycles. The molecule has 0 aliphatic rings. The Hall–Kier alpha value is -1.53. The average Bonchev–Trinajstić information content (AvgIpc) is 2.49. The van der Waals surface area contributed by atoms with Gasteiger partial charge < -0.3 is 0 Å². The predicted molar refractivity (Wildman–Crippen MR) is 57.5 cm³/mol. The van der Waals surface area contributed by atoms with Crippen LogP contribution in [-0.4, -0.2) is 36.0 Å². The number of nitriles is 1. The molecule has 1 aromatic heterocycles. The van der Waals surface area contributed by atoms with Crippen molar-refractivity contribution < 1.29 is 13.2 Å². The third-order valence-corrected chi connectivity index (χ3v) is 3.43. The third kappa shape index (κ3) is 3.92. The van der Waals surface area contributed by atoms with E-state index in [2.05, 4.69) is 15.5 Å². The Kier molecular flexibility index (Phi) is 3.92. The van der Waals surface area contributed by atoms with E-state index in [0.717, 1.165) is 11.3 Å². The van der Waals surface area contributed by atoms with Crippen molar-refractivity contribution in [3.63, 3.8) is 0 Å². The molecule has 1 N–H and O–H groups in total. The van der Waals surface area contributed by atoms with Crippen molar-refractivity contribution in [2.24, 2.45) is 0 Å². The summed E-state index contributed by atoms with van der Waals surface area (Å²) in [6, 6.07) is 1.49. The number of hydrogen-bond donors (Lipinski definition) is 1. The van der Waals surface area contributed by atoms with E-state index in [1.54, 1.807) is 6.92 Å². The van der Waals surface area contributed by atoms with Crippen molar-refractivity contribution in [3.05, 3.63) is 5.01 Å². The first-order valence-electron chi connectivity index (χ1n) is 4.10. The number of carbonyl (C=O) groups excluding carboxylic acids is 1. The van der Waals surface area contributed by atoms with Crippen LogP contribution in [0.15, 0.2) is 0 Å². The highest BCUT2D eigenvalue weighted by Crippen LogP contribution is 2.13. The maximum Gasteiger partial charge on any atom is 0.241 e. The first-order chi connectivity index (χ1) is 7.43. The minimum absolute atomic E-state index is 0.245. The molecule has 16 heavy (non-hydrogen) atoms. The fourth-order valence-electron chi connectivity index (χ4n) is 0.852. The molecule has 0 spiro atoms. The molecule has 0 saturated carbocycles. The summed E-state index contributed by atoms with van der Waals surface area (Å²) in [5.41, 5.74) is 0. The maximum absolute atomic E-state index is 11.3. The zero-order valence-electron chi connectivity index (χ0n) is 8.30. The van der Waals surface area contributed by atoms with E-state index in [1.165, 1.54) is 6.07 Å². The number of rotatable bonds is 4. The average molecular weight is 260 g/mol. The molecule has 86 valence electrons. The second-order valence-corrected chi connectivity index (χ2v) is 6.11. The van der Waals surface area contributed by atoms with Gasteiger partial charge in [0.2, 0.25) is 11.0 Å². The minimum atomic E-state index is -3.66. The lowest BCUT2D eigenvalue weighted by atomic mass is 10.7. The fourth-order valence-corrected chi connectivity index (χ4v) is 2.23. The van der Waals surface area contributed by atoms with E-state index in [1.807, 2.05) is 0 Å². The summed E-state index contributed by atoms with van der Waals surface area (Å²) in [4.78, 5) is 11.3. The lowest BCUT2D eigenvalue weighted by Crippen LogP contribution is -2.24. The summed E-state index contributed by atoms with van der Waals surface area (Å²) in [7, 11) is -3.66. The Labute approximate surface area is 96.0 Å². The molecule has 0 aliphatic heterocycles. The maximum atomic E-state index is 11.3. The zero-order valence-corrected chi connectivity index (χ0v) is 9.93. The van der Waals surface area contributed by atoms with Crippen molar-refractivity contribution in [2.45, 2.75) is 6.92 Å². The summed E-state index contributed by atoms with van der Waals surface area (Å²) in [5, 5.41) is 18.7. The second kappa shape index (κ2) is 5.00. The molecule has 0 bridgehead atoms. The Bertz CT molecular complexity index is 528. The number of sulfone groups is 1. The van der Waals surface area contributed by atoms with Crippen LogP contribution in [-0.2, 0) is 14.6 Å². The number of amides is 1. The number of aromatic nitrogens is 2. The van der Waals surface area contributed by atoms with Crippen LogP contribution >= 0.6 is 11.3 Å². The molecule has 9 heteroatoms. The van der Waals surface area contributed by atoms with Crippen molar-refractivity contribution in [3.8, 4) is 6.07 Å². The molecule has 0 aliphatic carbocycles. The van der Waals surface area contributed by atoms with Crippen molar-refractivity contribution in [1.82, 2.24) is 10.2 Å². The first kappa shape index (κ1) is 12.5. The molecule has 0 radical (unpaired) electrons. The Morgan fingerprint density at radius 3 is 2.75 bits per heavy atom. The van der Waals surface area contributed by atoms with E-state index in [-0.39, 0.29) is 5.13 Å². The van der Waals surface area contributed by atoms with E-state index in [0.29, 0.717) is 5.01 Å². The quantitative estimate of drug-likeness (QED) is 0.796. The topological polar surface area (TPSA) is 113 Å². The summed E-state index contributed by atoms with van der Waals surface area (Å²) in [5.74, 6) is -2.11. The molecule has 0 atom stereocenters. The smallest absolute Gasteiger partial charge is 0.241 e. The second-order valence-electron chi connectivity index (χ2n) is 2.86.